The van der Waals surface area contributed by atoms with Gasteiger partial charge in [-0.2, -0.15) is 0 Å². The minimum Gasteiger partial charge on any atom is -0.450 e. The van der Waals surface area contributed by atoms with Crippen molar-refractivity contribution in [1.82, 2.24) is 9.80 Å². The minimum atomic E-state index is -0.248. The van der Waals surface area contributed by atoms with Crippen LogP contribution in [-0.4, -0.2) is 54.5 Å². The van der Waals surface area contributed by atoms with Gasteiger partial charge in [-0.05, 0) is 38.7 Å². The standard InChI is InChI=1S/C15H24N2O3/c1-3-20-15(19)17-10-13(7-6-12(2)18)14(11-17)16-8-4-5-9-16/h3-11H2,1-2H3. The van der Waals surface area contributed by atoms with E-state index in [1.165, 1.54) is 24.1 Å². The van der Waals surface area contributed by atoms with Gasteiger partial charge in [0.2, 0.25) is 0 Å². The van der Waals surface area contributed by atoms with Gasteiger partial charge in [0, 0.05) is 31.8 Å². The maximum atomic E-state index is 11.9. The van der Waals surface area contributed by atoms with E-state index in [1.54, 1.807) is 11.8 Å². The van der Waals surface area contributed by atoms with Crippen molar-refractivity contribution >= 4 is 11.9 Å². The number of likely N-dealkylation sites (tertiary alicyclic amines) is 1. The second kappa shape index (κ2) is 6.77. The van der Waals surface area contributed by atoms with E-state index < -0.39 is 0 Å². The quantitative estimate of drug-likeness (QED) is 0.774. The smallest absolute Gasteiger partial charge is 0.410 e. The molecule has 0 N–H and O–H groups in total. The number of ketones is 1. The van der Waals surface area contributed by atoms with Gasteiger partial charge in [-0.15, -0.1) is 0 Å². The van der Waals surface area contributed by atoms with Gasteiger partial charge in [-0.1, -0.05) is 0 Å². The van der Waals surface area contributed by atoms with Crippen LogP contribution in [0, 0.1) is 0 Å². The Morgan fingerprint density at radius 3 is 2.50 bits per heavy atom. The van der Waals surface area contributed by atoms with Crippen LogP contribution in [0.5, 0.6) is 0 Å². The molecule has 0 spiro atoms. The molecular weight excluding hydrogens is 256 g/mol. The molecule has 2 heterocycles. The fraction of sp³-hybridized carbons (Fsp3) is 0.733. The fourth-order valence-electron chi connectivity index (χ4n) is 2.87. The molecule has 2 rings (SSSR count). The number of amides is 1. The Hall–Kier alpha value is -1.52. The van der Waals surface area contributed by atoms with E-state index in [1.807, 2.05) is 6.92 Å². The van der Waals surface area contributed by atoms with Crippen molar-refractivity contribution in [3.8, 4) is 0 Å². The van der Waals surface area contributed by atoms with Crippen molar-refractivity contribution in [1.29, 1.82) is 0 Å². The summed E-state index contributed by atoms with van der Waals surface area (Å²) in [6.45, 7) is 7.21. The van der Waals surface area contributed by atoms with Gasteiger partial charge in [-0.25, -0.2) is 4.79 Å². The third-order valence-electron chi connectivity index (χ3n) is 3.92. The van der Waals surface area contributed by atoms with Crippen LogP contribution in [0.4, 0.5) is 4.79 Å². The average molecular weight is 280 g/mol. The lowest BCUT2D eigenvalue weighted by molar-refractivity contribution is -0.116. The van der Waals surface area contributed by atoms with E-state index in [2.05, 4.69) is 4.90 Å². The maximum absolute atomic E-state index is 11.9. The van der Waals surface area contributed by atoms with Gasteiger partial charge in [0.15, 0.2) is 0 Å². The van der Waals surface area contributed by atoms with Crippen molar-refractivity contribution in [2.45, 2.75) is 39.5 Å². The summed E-state index contributed by atoms with van der Waals surface area (Å²) >= 11 is 0. The molecule has 0 aliphatic carbocycles. The molecule has 0 unspecified atom stereocenters. The summed E-state index contributed by atoms with van der Waals surface area (Å²) in [6.07, 6.45) is 3.49. The molecule has 1 amide bonds. The second-order valence-electron chi connectivity index (χ2n) is 5.50. The van der Waals surface area contributed by atoms with E-state index in [0.717, 1.165) is 19.5 Å². The van der Waals surface area contributed by atoms with Crippen LogP contribution < -0.4 is 0 Å². The van der Waals surface area contributed by atoms with E-state index in [0.29, 0.717) is 26.1 Å². The van der Waals surface area contributed by atoms with Crippen LogP contribution in [-0.2, 0) is 9.53 Å². The van der Waals surface area contributed by atoms with Crippen LogP contribution in [0.25, 0.3) is 0 Å². The normalized spacial score (nSPS) is 18.9. The Kier molecular flexibility index (Phi) is 5.04. The van der Waals surface area contributed by atoms with Crippen molar-refractivity contribution in [2.24, 2.45) is 0 Å². The monoisotopic (exact) mass is 280 g/mol. The zero-order chi connectivity index (χ0) is 14.5. The lowest BCUT2D eigenvalue weighted by Gasteiger charge is -2.21. The van der Waals surface area contributed by atoms with Gasteiger partial charge < -0.3 is 14.4 Å². The van der Waals surface area contributed by atoms with Gasteiger partial charge in [0.25, 0.3) is 0 Å². The summed E-state index contributed by atoms with van der Waals surface area (Å²) in [5, 5.41) is 0. The third kappa shape index (κ3) is 3.52. The third-order valence-corrected chi connectivity index (χ3v) is 3.92. The zero-order valence-electron chi connectivity index (χ0n) is 12.5. The Morgan fingerprint density at radius 1 is 1.20 bits per heavy atom. The van der Waals surface area contributed by atoms with Crippen LogP contribution in [0.1, 0.15) is 39.5 Å². The Morgan fingerprint density at radius 2 is 1.90 bits per heavy atom. The Bertz CT molecular complexity index is 411. The lowest BCUT2D eigenvalue weighted by atomic mass is 10.1. The summed E-state index contributed by atoms with van der Waals surface area (Å²) in [6, 6.07) is 0. The molecule has 0 atom stereocenters. The maximum Gasteiger partial charge on any atom is 0.410 e. The molecular formula is C15H24N2O3. The molecule has 0 aromatic carbocycles. The van der Waals surface area contributed by atoms with Crippen molar-refractivity contribution < 1.29 is 14.3 Å². The van der Waals surface area contributed by atoms with Gasteiger partial charge >= 0.3 is 6.09 Å². The molecule has 2 aliphatic rings. The Balaban J connectivity index is 2.04. The van der Waals surface area contributed by atoms with Gasteiger partial charge in [0.05, 0.1) is 13.2 Å². The number of hydrogen-bond donors (Lipinski definition) is 0. The van der Waals surface area contributed by atoms with Crippen molar-refractivity contribution in [3.05, 3.63) is 11.3 Å². The summed E-state index contributed by atoms with van der Waals surface area (Å²) in [5.41, 5.74) is 2.48. The zero-order valence-corrected chi connectivity index (χ0v) is 12.5. The number of carbonyl (C=O) groups is 2. The fourth-order valence-corrected chi connectivity index (χ4v) is 2.87. The number of hydrogen-bond acceptors (Lipinski definition) is 4. The molecule has 2 aliphatic heterocycles. The SMILES string of the molecule is CCOC(=O)N1CC(CCC(C)=O)=C(N2CCCC2)C1. The van der Waals surface area contributed by atoms with Gasteiger partial charge in [-0.3, -0.25) is 4.90 Å². The van der Waals surface area contributed by atoms with E-state index in [9.17, 15) is 9.59 Å². The highest BCUT2D eigenvalue weighted by Gasteiger charge is 2.30. The molecule has 0 aromatic rings. The van der Waals surface area contributed by atoms with Crippen LogP contribution >= 0.6 is 0 Å². The van der Waals surface area contributed by atoms with Crippen LogP contribution in [0.2, 0.25) is 0 Å². The molecule has 0 saturated carbocycles. The Labute approximate surface area is 120 Å². The first kappa shape index (κ1) is 14.9. The predicted molar refractivity (Wildman–Crippen MR) is 76.3 cm³/mol. The topological polar surface area (TPSA) is 49.9 Å². The highest BCUT2D eigenvalue weighted by Crippen LogP contribution is 2.27. The van der Waals surface area contributed by atoms with Crippen LogP contribution in [0.3, 0.4) is 0 Å². The minimum absolute atomic E-state index is 0.202. The summed E-state index contributed by atoms with van der Waals surface area (Å²) in [7, 11) is 0. The first-order chi connectivity index (χ1) is 9.61. The lowest BCUT2D eigenvalue weighted by Crippen LogP contribution is -2.32. The summed E-state index contributed by atoms with van der Waals surface area (Å²) < 4.78 is 5.09. The number of rotatable bonds is 5. The molecule has 5 nitrogen and oxygen atoms in total. The molecule has 5 heteroatoms. The van der Waals surface area contributed by atoms with E-state index in [-0.39, 0.29) is 11.9 Å². The predicted octanol–water partition coefficient (Wildman–Crippen LogP) is 2.18. The summed E-state index contributed by atoms with van der Waals surface area (Å²) in [4.78, 5) is 27.2. The average Bonchev–Trinajstić information content (AvgIpc) is 3.05. The molecule has 0 bridgehead atoms. The molecule has 0 aromatic heterocycles. The summed E-state index contributed by atoms with van der Waals surface area (Å²) in [5.74, 6) is 0.202. The number of Topliss-reactive ketones (excluding diaryl/α,β-unsaturated/α-hetero) is 1. The van der Waals surface area contributed by atoms with E-state index in [4.69, 9.17) is 4.74 Å². The van der Waals surface area contributed by atoms with Crippen molar-refractivity contribution in [2.75, 3.05) is 32.8 Å². The van der Waals surface area contributed by atoms with Gasteiger partial charge in [0.1, 0.15) is 5.78 Å². The molecule has 1 fully saturated rings. The van der Waals surface area contributed by atoms with E-state index >= 15 is 0 Å². The second-order valence-corrected chi connectivity index (χ2v) is 5.50. The number of ether oxygens (including phenoxy) is 1. The molecule has 1 saturated heterocycles. The number of nitrogens with zero attached hydrogens (tertiary/aromatic N) is 2. The molecule has 20 heavy (non-hydrogen) atoms. The highest BCUT2D eigenvalue weighted by molar-refractivity contribution is 5.76. The van der Waals surface area contributed by atoms with Crippen LogP contribution in [0.15, 0.2) is 11.3 Å². The first-order valence-electron chi connectivity index (χ1n) is 7.48. The molecule has 112 valence electrons. The first-order valence-corrected chi connectivity index (χ1v) is 7.48. The largest absolute Gasteiger partial charge is 0.450 e. The highest BCUT2D eigenvalue weighted by atomic mass is 16.6. The number of carbonyl (C=O) groups excluding carboxylic acids is 2. The van der Waals surface area contributed by atoms with Crippen molar-refractivity contribution in [3.63, 3.8) is 0 Å². The molecule has 0 radical (unpaired) electrons.